The van der Waals surface area contributed by atoms with E-state index >= 15 is 0 Å². The zero-order valence-corrected chi connectivity index (χ0v) is 10.3. The molecule has 0 aliphatic heterocycles. The quantitative estimate of drug-likeness (QED) is 0.793. The number of rotatable bonds is 2. The molecule has 1 nitrogen and oxygen atoms in total. The number of Topliss-reactive ketones (excluding diaryl/α,β-unsaturated/α-hetero) is 1. The van der Waals surface area contributed by atoms with Gasteiger partial charge in [0.2, 0.25) is 0 Å². The van der Waals surface area contributed by atoms with Crippen LogP contribution in [0.25, 0.3) is 0 Å². The van der Waals surface area contributed by atoms with Crippen LogP contribution in [0, 0.1) is 0 Å². The standard InChI is InChI=1S/C11H10Cl2OS/c12-9-2-1-3-10(11(9)13)15-8-5-4-7(14)6-8/h1-3,8H,4-6H2. The number of carbonyl (C=O) groups excluding carboxylic acids is 1. The second kappa shape index (κ2) is 4.77. The molecular weight excluding hydrogens is 251 g/mol. The van der Waals surface area contributed by atoms with E-state index in [9.17, 15) is 4.79 Å². The molecule has 1 aliphatic carbocycles. The van der Waals surface area contributed by atoms with Crippen molar-refractivity contribution >= 4 is 40.7 Å². The normalized spacial score (nSPS) is 20.9. The molecule has 1 saturated carbocycles. The van der Waals surface area contributed by atoms with Crippen LogP contribution in [-0.2, 0) is 4.79 Å². The predicted octanol–water partition coefficient (Wildman–Crippen LogP) is 4.21. The monoisotopic (exact) mass is 260 g/mol. The number of carbonyl (C=O) groups is 1. The zero-order chi connectivity index (χ0) is 10.8. The van der Waals surface area contributed by atoms with Crippen molar-refractivity contribution in [3.05, 3.63) is 28.2 Å². The molecule has 0 aromatic heterocycles. The van der Waals surface area contributed by atoms with Crippen LogP contribution in [0.15, 0.2) is 23.1 Å². The summed E-state index contributed by atoms with van der Waals surface area (Å²) in [5, 5.41) is 1.54. The van der Waals surface area contributed by atoms with Crippen molar-refractivity contribution in [2.75, 3.05) is 0 Å². The smallest absolute Gasteiger partial charge is 0.134 e. The fraction of sp³-hybridized carbons (Fsp3) is 0.364. The Kier molecular flexibility index (Phi) is 3.60. The highest BCUT2D eigenvalue weighted by molar-refractivity contribution is 8.00. The molecule has 1 aromatic rings. The number of thioether (sulfide) groups is 1. The molecule has 0 saturated heterocycles. The average Bonchev–Trinajstić information content (AvgIpc) is 2.59. The fourth-order valence-corrected chi connectivity index (χ4v) is 3.36. The lowest BCUT2D eigenvalue weighted by atomic mass is 10.3. The molecule has 0 radical (unpaired) electrons. The van der Waals surface area contributed by atoms with Crippen molar-refractivity contribution in [2.24, 2.45) is 0 Å². The van der Waals surface area contributed by atoms with E-state index in [2.05, 4.69) is 0 Å². The molecule has 1 aliphatic rings. The maximum absolute atomic E-state index is 11.1. The Morgan fingerprint density at radius 3 is 2.80 bits per heavy atom. The number of hydrogen-bond donors (Lipinski definition) is 0. The van der Waals surface area contributed by atoms with Gasteiger partial charge < -0.3 is 0 Å². The molecule has 2 rings (SSSR count). The molecule has 1 unspecified atom stereocenters. The van der Waals surface area contributed by atoms with Gasteiger partial charge in [-0.05, 0) is 18.6 Å². The van der Waals surface area contributed by atoms with Gasteiger partial charge in [-0.25, -0.2) is 0 Å². The van der Waals surface area contributed by atoms with Gasteiger partial charge in [-0.2, -0.15) is 0 Å². The van der Waals surface area contributed by atoms with Gasteiger partial charge in [0.15, 0.2) is 0 Å². The van der Waals surface area contributed by atoms with E-state index in [1.807, 2.05) is 12.1 Å². The van der Waals surface area contributed by atoms with E-state index in [1.54, 1.807) is 17.8 Å². The SMILES string of the molecule is O=C1CCC(Sc2cccc(Cl)c2Cl)C1. The highest BCUT2D eigenvalue weighted by atomic mass is 35.5. The minimum Gasteiger partial charge on any atom is -0.300 e. The summed E-state index contributed by atoms with van der Waals surface area (Å²) >= 11 is 13.6. The van der Waals surface area contributed by atoms with Gasteiger partial charge in [-0.3, -0.25) is 4.79 Å². The van der Waals surface area contributed by atoms with Crippen molar-refractivity contribution in [2.45, 2.75) is 29.4 Å². The molecule has 1 atom stereocenters. The van der Waals surface area contributed by atoms with Crippen LogP contribution in [0.4, 0.5) is 0 Å². The summed E-state index contributed by atoms with van der Waals surface area (Å²) in [7, 11) is 0. The molecule has 80 valence electrons. The first-order valence-corrected chi connectivity index (χ1v) is 6.43. The Balaban J connectivity index is 2.11. The number of hydrogen-bond acceptors (Lipinski definition) is 2. The molecule has 1 fully saturated rings. The molecule has 0 heterocycles. The summed E-state index contributed by atoms with van der Waals surface area (Å²) in [5.41, 5.74) is 0. The third-order valence-electron chi connectivity index (χ3n) is 2.41. The first-order chi connectivity index (χ1) is 7.16. The maximum atomic E-state index is 11.1. The van der Waals surface area contributed by atoms with Crippen LogP contribution >= 0.6 is 35.0 Å². The van der Waals surface area contributed by atoms with Crippen LogP contribution in [0.2, 0.25) is 10.0 Å². The second-order valence-corrected chi connectivity index (χ2v) is 5.70. The molecule has 0 N–H and O–H groups in total. The summed E-state index contributed by atoms with van der Waals surface area (Å²) < 4.78 is 0. The Bertz CT molecular complexity index is 392. The molecule has 0 amide bonds. The Hall–Kier alpha value is -0.180. The van der Waals surface area contributed by atoms with Crippen molar-refractivity contribution in [1.29, 1.82) is 0 Å². The largest absolute Gasteiger partial charge is 0.300 e. The van der Waals surface area contributed by atoms with Crippen molar-refractivity contribution < 1.29 is 4.79 Å². The van der Waals surface area contributed by atoms with E-state index in [0.29, 0.717) is 33.9 Å². The van der Waals surface area contributed by atoms with Crippen LogP contribution < -0.4 is 0 Å². The minimum absolute atomic E-state index is 0.352. The van der Waals surface area contributed by atoms with Gasteiger partial charge in [0.1, 0.15) is 5.78 Å². The first-order valence-electron chi connectivity index (χ1n) is 4.79. The average molecular weight is 261 g/mol. The van der Waals surface area contributed by atoms with Gasteiger partial charge in [-0.1, -0.05) is 29.3 Å². The van der Waals surface area contributed by atoms with E-state index in [0.717, 1.165) is 11.3 Å². The molecule has 15 heavy (non-hydrogen) atoms. The van der Waals surface area contributed by atoms with E-state index in [-0.39, 0.29) is 0 Å². The van der Waals surface area contributed by atoms with Crippen LogP contribution in [0.1, 0.15) is 19.3 Å². The highest BCUT2D eigenvalue weighted by Crippen LogP contribution is 2.39. The van der Waals surface area contributed by atoms with Crippen LogP contribution in [-0.4, -0.2) is 11.0 Å². The molecular formula is C11H10Cl2OS. The fourth-order valence-electron chi connectivity index (χ4n) is 1.64. The van der Waals surface area contributed by atoms with Crippen molar-refractivity contribution in [3.63, 3.8) is 0 Å². The van der Waals surface area contributed by atoms with Gasteiger partial charge in [0.25, 0.3) is 0 Å². The number of halogens is 2. The summed E-state index contributed by atoms with van der Waals surface area (Å²) in [6, 6.07) is 5.60. The Morgan fingerprint density at radius 1 is 1.33 bits per heavy atom. The highest BCUT2D eigenvalue weighted by Gasteiger charge is 2.23. The summed E-state index contributed by atoms with van der Waals surface area (Å²) in [5.74, 6) is 0.352. The van der Waals surface area contributed by atoms with Gasteiger partial charge in [0.05, 0.1) is 10.0 Å². The predicted molar refractivity (Wildman–Crippen MR) is 65.0 cm³/mol. The van der Waals surface area contributed by atoms with Gasteiger partial charge in [0, 0.05) is 23.0 Å². The van der Waals surface area contributed by atoms with Crippen LogP contribution in [0.3, 0.4) is 0 Å². The molecule has 4 heteroatoms. The van der Waals surface area contributed by atoms with Gasteiger partial charge in [-0.15, -0.1) is 11.8 Å². The topological polar surface area (TPSA) is 17.1 Å². The van der Waals surface area contributed by atoms with Crippen molar-refractivity contribution in [1.82, 2.24) is 0 Å². The molecule has 0 bridgehead atoms. The molecule has 0 spiro atoms. The van der Waals surface area contributed by atoms with E-state index in [1.165, 1.54) is 0 Å². The second-order valence-electron chi connectivity index (χ2n) is 3.57. The van der Waals surface area contributed by atoms with Crippen LogP contribution in [0.5, 0.6) is 0 Å². The lowest BCUT2D eigenvalue weighted by Gasteiger charge is -2.09. The zero-order valence-electron chi connectivity index (χ0n) is 8.00. The number of benzene rings is 1. The summed E-state index contributed by atoms with van der Waals surface area (Å²) in [4.78, 5) is 12.1. The number of ketones is 1. The Morgan fingerprint density at radius 2 is 2.13 bits per heavy atom. The lowest BCUT2D eigenvalue weighted by Crippen LogP contribution is -1.96. The third-order valence-corrected chi connectivity index (χ3v) is 4.67. The third kappa shape index (κ3) is 2.68. The van der Waals surface area contributed by atoms with Gasteiger partial charge >= 0.3 is 0 Å². The summed E-state index contributed by atoms with van der Waals surface area (Å²) in [6.07, 6.45) is 2.32. The minimum atomic E-state index is 0.352. The van der Waals surface area contributed by atoms with E-state index < -0.39 is 0 Å². The van der Waals surface area contributed by atoms with E-state index in [4.69, 9.17) is 23.2 Å². The molecule has 1 aromatic carbocycles. The van der Waals surface area contributed by atoms with Crippen molar-refractivity contribution in [3.8, 4) is 0 Å². The Labute approximate surface area is 103 Å². The lowest BCUT2D eigenvalue weighted by molar-refractivity contribution is -0.117. The maximum Gasteiger partial charge on any atom is 0.134 e. The summed E-state index contributed by atoms with van der Waals surface area (Å²) in [6.45, 7) is 0. The first kappa shape index (κ1) is 11.3.